The van der Waals surface area contributed by atoms with Gasteiger partial charge in [0.25, 0.3) is 0 Å². The minimum Gasteiger partial charge on any atom is -0.502 e. The molecular formula is C27H23ClN2O6S2. The molecule has 38 heavy (non-hydrogen) atoms. The molecule has 1 saturated heterocycles. The van der Waals surface area contributed by atoms with Crippen molar-refractivity contribution in [3.05, 3.63) is 61.5 Å². The van der Waals surface area contributed by atoms with Gasteiger partial charge >= 0.3 is 4.87 Å². The summed E-state index contributed by atoms with van der Waals surface area (Å²) >= 11 is 8.85. The predicted octanol–water partition coefficient (Wildman–Crippen LogP) is 4.49. The first-order chi connectivity index (χ1) is 18.3. The normalized spacial score (nSPS) is 30.8. The van der Waals surface area contributed by atoms with E-state index >= 15 is 0 Å². The van der Waals surface area contributed by atoms with E-state index in [2.05, 4.69) is 4.98 Å². The van der Waals surface area contributed by atoms with Crippen molar-refractivity contribution in [2.75, 3.05) is 19.1 Å². The molecule has 0 spiro atoms. The first-order valence-electron chi connectivity index (χ1n) is 12.3. The highest BCUT2D eigenvalue weighted by Gasteiger charge is 2.69. The third-order valence-corrected chi connectivity index (χ3v) is 11.5. The number of phenols is 1. The van der Waals surface area contributed by atoms with Crippen molar-refractivity contribution in [1.82, 2.24) is 4.98 Å². The number of nitrogens with zero attached hydrogens (tertiary/aromatic N) is 1. The molecule has 7 atom stereocenters. The van der Waals surface area contributed by atoms with Crippen LogP contribution < -0.4 is 19.2 Å². The highest BCUT2D eigenvalue weighted by atomic mass is 35.5. The Balaban J connectivity index is 1.34. The number of carbonyl (C=O) groups excluding carboxylic acids is 2. The van der Waals surface area contributed by atoms with Crippen LogP contribution in [-0.2, 0) is 9.59 Å². The van der Waals surface area contributed by atoms with Gasteiger partial charge < -0.3 is 19.6 Å². The fourth-order valence-electron chi connectivity index (χ4n) is 7.33. The average molecular weight is 571 g/mol. The standard InChI is InChI=1S/C27H23ClN2O6S2/c1-35-15-7-10(8-16(36-2)21(15)31)17-18-13-9-14(22(18)37-24-23(17)38-27(34)29-24)20-19(13)25(32)30(26(20)33)12-5-3-11(28)4-6-12/h3-8,13-14,17-20,22,31H,9H2,1-2H3,(H,29,34)/t13-,14-,17?,18?,19?,20?,22?/m1/s1. The molecule has 8 nitrogen and oxygen atoms in total. The fourth-order valence-corrected chi connectivity index (χ4v) is 10.3. The van der Waals surface area contributed by atoms with Gasteiger partial charge in [-0.3, -0.25) is 19.3 Å². The zero-order valence-electron chi connectivity index (χ0n) is 20.3. The monoisotopic (exact) mass is 570 g/mol. The van der Waals surface area contributed by atoms with Gasteiger partial charge in [0.05, 0.1) is 36.8 Å². The molecule has 2 aliphatic carbocycles. The number of aromatic nitrogens is 1. The topological polar surface area (TPSA) is 109 Å². The quantitative estimate of drug-likeness (QED) is 0.445. The van der Waals surface area contributed by atoms with Crippen molar-refractivity contribution >= 4 is 52.2 Å². The summed E-state index contributed by atoms with van der Waals surface area (Å²) in [5, 5.41) is 11.9. The van der Waals surface area contributed by atoms with Crippen LogP contribution >= 0.6 is 34.7 Å². The number of fused-ring (bicyclic) bond motifs is 9. The first-order valence-corrected chi connectivity index (χ1v) is 14.4. The van der Waals surface area contributed by atoms with Gasteiger partial charge in [0, 0.05) is 21.1 Å². The Hall–Kier alpha value is -2.95. The lowest BCUT2D eigenvalue weighted by Gasteiger charge is -2.43. The molecule has 2 aromatic carbocycles. The lowest BCUT2D eigenvalue weighted by molar-refractivity contribution is -0.123. The molecule has 2 aliphatic heterocycles. The van der Waals surface area contributed by atoms with Crippen LogP contribution in [0.2, 0.25) is 5.02 Å². The number of halogens is 1. The number of aromatic amines is 1. The number of hydrogen-bond acceptors (Lipinski definition) is 8. The number of nitrogens with one attached hydrogen (secondary N) is 1. The molecule has 7 rings (SSSR count). The van der Waals surface area contributed by atoms with Gasteiger partial charge in [0.15, 0.2) is 11.5 Å². The molecule has 11 heteroatoms. The molecule has 0 radical (unpaired) electrons. The number of benzene rings is 2. The van der Waals surface area contributed by atoms with Crippen LogP contribution in [-0.4, -0.2) is 41.4 Å². The molecule has 196 valence electrons. The number of imide groups is 1. The van der Waals surface area contributed by atoms with E-state index < -0.39 is 5.92 Å². The largest absolute Gasteiger partial charge is 0.502 e. The lowest BCUT2D eigenvalue weighted by atomic mass is 9.68. The van der Waals surface area contributed by atoms with Crippen LogP contribution in [0.1, 0.15) is 22.8 Å². The van der Waals surface area contributed by atoms with Gasteiger partial charge in [-0.1, -0.05) is 22.9 Å². The molecule has 2 N–H and O–H groups in total. The molecule has 3 aromatic rings. The summed E-state index contributed by atoms with van der Waals surface area (Å²) in [6.45, 7) is 0. The number of rotatable bonds is 4. The number of anilines is 1. The van der Waals surface area contributed by atoms with E-state index in [0.29, 0.717) is 10.7 Å². The van der Waals surface area contributed by atoms with Crippen molar-refractivity contribution in [2.24, 2.45) is 29.6 Å². The zero-order chi connectivity index (χ0) is 26.5. The van der Waals surface area contributed by atoms with Crippen molar-refractivity contribution in [3.8, 4) is 17.2 Å². The van der Waals surface area contributed by atoms with Gasteiger partial charge in [-0.25, -0.2) is 0 Å². The van der Waals surface area contributed by atoms with E-state index in [9.17, 15) is 19.5 Å². The van der Waals surface area contributed by atoms with E-state index in [1.165, 1.54) is 30.5 Å². The van der Waals surface area contributed by atoms with E-state index in [0.717, 1.165) is 21.9 Å². The average Bonchev–Trinajstić information content (AvgIpc) is 3.64. The van der Waals surface area contributed by atoms with E-state index in [1.807, 2.05) is 0 Å². The number of aromatic hydroxyl groups is 1. The molecule has 3 fully saturated rings. The summed E-state index contributed by atoms with van der Waals surface area (Å²) in [5.74, 6) is -0.857. The smallest absolute Gasteiger partial charge is 0.305 e. The number of thiazole rings is 1. The van der Waals surface area contributed by atoms with Gasteiger partial charge in [0.2, 0.25) is 17.6 Å². The zero-order valence-corrected chi connectivity index (χ0v) is 22.7. The molecular weight excluding hydrogens is 548 g/mol. The molecule has 3 heterocycles. The van der Waals surface area contributed by atoms with Crippen LogP contribution in [0.25, 0.3) is 0 Å². The maximum absolute atomic E-state index is 13.8. The number of methoxy groups -OCH3 is 2. The van der Waals surface area contributed by atoms with Crippen molar-refractivity contribution in [2.45, 2.75) is 22.6 Å². The second-order valence-corrected chi connectivity index (χ2v) is 12.9. The van der Waals surface area contributed by atoms with Crippen LogP contribution in [0.5, 0.6) is 17.2 Å². The van der Waals surface area contributed by atoms with Crippen molar-refractivity contribution < 1.29 is 24.2 Å². The maximum Gasteiger partial charge on any atom is 0.305 e. The number of thioether (sulfide) groups is 1. The molecule has 2 bridgehead atoms. The van der Waals surface area contributed by atoms with Gasteiger partial charge in [-0.05, 0) is 66.1 Å². The highest BCUT2D eigenvalue weighted by molar-refractivity contribution is 8.00. The van der Waals surface area contributed by atoms with Crippen LogP contribution in [0.4, 0.5) is 5.69 Å². The second-order valence-electron chi connectivity index (χ2n) is 10.2. The summed E-state index contributed by atoms with van der Waals surface area (Å²) in [4.78, 5) is 45.1. The van der Waals surface area contributed by atoms with Crippen LogP contribution in [0.15, 0.2) is 46.2 Å². The highest BCUT2D eigenvalue weighted by Crippen LogP contribution is 2.69. The third-order valence-electron chi connectivity index (χ3n) is 8.67. The van der Waals surface area contributed by atoms with Gasteiger partial charge in [-0.15, -0.1) is 11.8 Å². The summed E-state index contributed by atoms with van der Waals surface area (Å²) < 4.78 is 10.9. The number of carbonyl (C=O) groups is 2. The summed E-state index contributed by atoms with van der Waals surface area (Å²) in [5.41, 5.74) is 1.39. The van der Waals surface area contributed by atoms with Gasteiger partial charge in [0.1, 0.15) is 0 Å². The molecule has 5 unspecified atom stereocenters. The van der Waals surface area contributed by atoms with E-state index in [4.69, 9.17) is 21.1 Å². The first kappa shape index (κ1) is 24.1. The van der Waals surface area contributed by atoms with Crippen molar-refractivity contribution in [3.63, 3.8) is 0 Å². The predicted molar refractivity (Wildman–Crippen MR) is 144 cm³/mol. The Labute approximate surface area is 230 Å². The number of amides is 2. The Morgan fingerprint density at radius 1 is 1.00 bits per heavy atom. The van der Waals surface area contributed by atoms with Crippen LogP contribution in [0, 0.1) is 29.6 Å². The summed E-state index contributed by atoms with van der Waals surface area (Å²) in [6, 6.07) is 10.4. The SMILES string of the molecule is COc1cc(C2c3sc(=O)[nH]c3SC3C2[C@H]2C[C@@H]3C3C(=O)N(c4ccc(Cl)cc4)C(=O)C32)cc(OC)c1O. The number of hydrogen-bond donors (Lipinski definition) is 2. The number of ether oxygens (including phenoxy) is 2. The third kappa shape index (κ3) is 3.20. The van der Waals surface area contributed by atoms with E-state index in [1.54, 1.807) is 48.2 Å². The van der Waals surface area contributed by atoms with Crippen LogP contribution in [0.3, 0.4) is 0 Å². The lowest BCUT2D eigenvalue weighted by Crippen LogP contribution is -2.42. The van der Waals surface area contributed by atoms with Crippen molar-refractivity contribution in [1.29, 1.82) is 0 Å². The Morgan fingerprint density at radius 3 is 2.26 bits per heavy atom. The number of phenolic OH excluding ortho intramolecular Hbond substituents is 1. The minimum absolute atomic E-state index is 0.00806. The Kier molecular flexibility index (Phi) is 5.41. The van der Waals surface area contributed by atoms with Gasteiger partial charge in [-0.2, -0.15) is 0 Å². The number of H-pyrrole nitrogens is 1. The molecule has 1 aromatic heterocycles. The van der Waals surface area contributed by atoms with E-state index in [-0.39, 0.29) is 68.8 Å². The molecule has 4 aliphatic rings. The Morgan fingerprint density at radius 2 is 1.63 bits per heavy atom. The molecule has 2 amide bonds. The maximum atomic E-state index is 13.8. The summed E-state index contributed by atoms with van der Waals surface area (Å²) in [6.07, 6.45) is 0.783. The minimum atomic E-state index is -0.411. The molecule has 2 saturated carbocycles. The second kappa shape index (κ2) is 8.53. The summed E-state index contributed by atoms with van der Waals surface area (Å²) in [7, 11) is 2.96. The fraction of sp³-hybridized carbons (Fsp3) is 0.370. The Bertz CT molecular complexity index is 1530.